The number of Topliss-reactive ketones (excluding diaryl/α,β-unsaturated/α-hetero) is 1. The molecule has 1 aromatic carbocycles. The van der Waals surface area contributed by atoms with Crippen molar-refractivity contribution in [2.45, 2.75) is 32.6 Å². The average Bonchev–Trinajstić information content (AvgIpc) is 2.90. The van der Waals surface area contributed by atoms with Gasteiger partial charge in [-0.05, 0) is 24.8 Å². The van der Waals surface area contributed by atoms with Crippen molar-refractivity contribution in [2.75, 3.05) is 0 Å². The second-order valence-electron chi connectivity index (χ2n) is 6.01. The maximum Gasteiger partial charge on any atom is 0.270 e. The summed E-state index contributed by atoms with van der Waals surface area (Å²) in [5.41, 5.74) is 1.38. The molecule has 0 amide bonds. The van der Waals surface area contributed by atoms with Gasteiger partial charge in [-0.25, -0.2) is 0 Å². The molecule has 0 unspecified atom stereocenters. The van der Waals surface area contributed by atoms with E-state index in [1.54, 1.807) is 12.3 Å². The number of carbonyl (C=O) groups is 1. The van der Waals surface area contributed by atoms with Crippen molar-refractivity contribution < 1.29 is 9.72 Å². The van der Waals surface area contributed by atoms with E-state index in [4.69, 9.17) is 0 Å². The number of hydrogen-bond acceptors (Lipinski definition) is 3. The Morgan fingerprint density at radius 1 is 1.29 bits per heavy atom. The lowest BCUT2D eigenvalue weighted by atomic mass is 9.79. The van der Waals surface area contributed by atoms with Crippen LogP contribution in [0, 0.1) is 22.0 Å². The zero-order valence-corrected chi connectivity index (χ0v) is 12.0. The number of nitrogens with one attached hydrogen (secondary N) is 1. The van der Waals surface area contributed by atoms with Crippen LogP contribution in [0.3, 0.4) is 0 Å². The number of nitrogens with zero attached hydrogens (tertiary/aromatic N) is 1. The lowest BCUT2D eigenvalue weighted by molar-refractivity contribution is -0.384. The van der Waals surface area contributed by atoms with Crippen LogP contribution in [0.5, 0.6) is 0 Å². The zero-order valence-electron chi connectivity index (χ0n) is 12.0. The second kappa shape index (κ2) is 5.31. The Hall–Kier alpha value is -2.17. The molecule has 1 saturated carbocycles. The first kappa shape index (κ1) is 13.8. The molecule has 1 fully saturated rings. The van der Waals surface area contributed by atoms with Gasteiger partial charge in [-0.2, -0.15) is 0 Å². The Labute approximate surface area is 122 Å². The Morgan fingerprint density at radius 3 is 2.67 bits per heavy atom. The Bertz CT molecular complexity index is 697. The van der Waals surface area contributed by atoms with E-state index in [-0.39, 0.29) is 17.4 Å². The van der Waals surface area contributed by atoms with Crippen LogP contribution in [-0.2, 0) is 0 Å². The van der Waals surface area contributed by atoms with Crippen LogP contribution in [0.15, 0.2) is 24.4 Å². The summed E-state index contributed by atoms with van der Waals surface area (Å²) in [7, 11) is 0. The highest BCUT2D eigenvalue weighted by molar-refractivity contribution is 6.09. The molecule has 0 saturated heterocycles. The molecule has 0 atom stereocenters. The van der Waals surface area contributed by atoms with E-state index in [0.717, 1.165) is 31.2 Å². The zero-order chi connectivity index (χ0) is 15.0. The van der Waals surface area contributed by atoms with E-state index in [0.29, 0.717) is 16.9 Å². The summed E-state index contributed by atoms with van der Waals surface area (Å²) in [5.74, 6) is 0.867. The van der Waals surface area contributed by atoms with Crippen molar-refractivity contribution in [3.05, 3.63) is 40.1 Å². The van der Waals surface area contributed by atoms with Crippen LogP contribution in [0.1, 0.15) is 43.0 Å². The second-order valence-corrected chi connectivity index (χ2v) is 6.01. The molecule has 2 aromatic rings. The number of rotatable bonds is 3. The van der Waals surface area contributed by atoms with E-state index in [9.17, 15) is 14.9 Å². The van der Waals surface area contributed by atoms with Crippen LogP contribution in [0.25, 0.3) is 10.9 Å². The summed E-state index contributed by atoms with van der Waals surface area (Å²) in [6, 6.07) is 4.60. The average molecular weight is 286 g/mol. The number of aromatic amines is 1. The summed E-state index contributed by atoms with van der Waals surface area (Å²) < 4.78 is 0. The largest absolute Gasteiger partial charge is 0.360 e. The molecule has 1 heterocycles. The van der Waals surface area contributed by atoms with E-state index < -0.39 is 4.92 Å². The monoisotopic (exact) mass is 286 g/mol. The van der Waals surface area contributed by atoms with Crippen LogP contribution < -0.4 is 0 Å². The summed E-state index contributed by atoms with van der Waals surface area (Å²) >= 11 is 0. The van der Waals surface area contributed by atoms with Crippen LogP contribution in [0.4, 0.5) is 5.69 Å². The quantitative estimate of drug-likeness (QED) is 0.524. The normalized spacial score (nSPS) is 22.3. The molecule has 1 aliphatic rings. The van der Waals surface area contributed by atoms with Gasteiger partial charge in [-0.15, -0.1) is 0 Å². The number of fused-ring (bicyclic) bond motifs is 1. The third-order valence-corrected chi connectivity index (χ3v) is 4.53. The molecule has 0 radical (unpaired) electrons. The Balaban J connectivity index is 1.94. The fraction of sp³-hybridized carbons (Fsp3) is 0.438. The molecular formula is C16H18N2O3. The molecule has 1 aliphatic carbocycles. The molecule has 21 heavy (non-hydrogen) atoms. The molecule has 5 heteroatoms. The number of nitro groups is 1. The van der Waals surface area contributed by atoms with Gasteiger partial charge < -0.3 is 4.98 Å². The molecule has 0 spiro atoms. The first-order valence-corrected chi connectivity index (χ1v) is 7.36. The number of H-pyrrole nitrogens is 1. The van der Waals surface area contributed by atoms with Crippen molar-refractivity contribution in [1.29, 1.82) is 0 Å². The first-order valence-electron chi connectivity index (χ1n) is 7.36. The Morgan fingerprint density at radius 2 is 2.00 bits per heavy atom. The molecule has 3 rings (SSSR count). The number of hydrogen-bond donors (Lipinski definition) is 1. The molecule has 0 bridgehead atoms. The molecule has 1 N–H and O–H groups in total. The van der Waals surface area contributed by atoms with Gasteiger partial charge >= 0.3 is 0 Å². The summed E-state index contributed by atoms with van der Waals surface area (Å²) in [5, 5.41) is 11.6. The number of benzene rings is 1. The number of nitro benzene ring substituents is 1. The van der Waals surface area contributed by atoms with E-state index in [1.807, 2.05) is 0 Å². The third-order valence-electron chi connectivity index (χ3n) is 4.53. The van der Waals surface area contributed by atoms with Gasteiger partial charge in [0.15, 0.2) is 5.78 Å². The van der Waals surface area contributed by atoms with Gasteiger partial charge in [0, 0.05) is 40.7 Å². The predicted octanol–water partition coefficient (Wildman–Crippen LogP) is 4.09. The minimum atomic E-state index is -0.428. The molecule has 110 valence electrons. The van der Waals surface area contributed by atoms with Gasteiger partial charge in [-0.3, -0.25) is 14.9 Å². The minimum absolute atomic E-state index is 0.0217. The highest BCUT2D eigenvalue weighted by atomic mass is 16.6. The van der Waals surface area contributed by atoms with Crippen molar-refractivity contribution in [3.8, 4) is 0 Å². The lowest BCUT2D eigenvalue weighted by Crippen LogP contribution is -2.20. The Kier molecular flexibility index (Phi) is 3.49. The highest BCUT2D eigenvalue weighted by Gasteiger charge is 2.27. The fourth-order valence-corrected chi connectivity index (χ4v) is 3.17. The molecule has 1 aromatic heterocycles. The third kappa shape index (κ3) is 2.55. The van der Waals surface area contributed by atoms with Gasteiger partial charge in [0.1, 0.15) is 0 Å². The predicted molar refractivity (Wildman–Crippen MR) is 80.4 cm³/mol. The van der Waals surface area contributed by atoms with E-state index >= 15 is 0 Å². The number of ketones is 1. The fourth-order valence-electron chi connectivity index (χ4n) is 3.17. The van der Waals surface area contributed by atoms with Crippen LogP contribution in [-0.4, -0.2) is 15.7 Å². The molecule has 5 nitrogen and oxygen atoms in total. The van der Waals surface area contributed by atoms with Crippen LogP contribution >= 0.6 is 0 Å². The summed E-state index contributed by atoms with van der Waals surface area (Å²) in [6.07, 6.45) is 5.69. The van der Waals surface area contributed by atoms with Crippen molar-refractivity contribution >= 4 is 22.4 Å². The van der Waals surface area contributed by atoms with Crippen molar-refractivity contribution in [3.63, 3.8) is 0 Å². The summed E-state index contributed by atoms with van der Waals surface area (Å²) in [6.45, 7) is 2.22. The summed E-state index contributed by atoms with van der Waals surface area (Å²) in [4.78, 5) is 26.2. The maximum absolute atomic E-state index is 12.7. The van der Waals surface area contributed by atoms with Gasteiger partial charge in [-0.1, -0.05) is 19.8 Å². The number of aromatic nitrogens is 1. The maximum atomic E-state index is 12.7. The standard InChI is InChI=1S/C16H18N2O3/c1-10-2-4-11(5-3-10)16(19)14-9-17-15-7-6-12(18(20)21)8-13(14)15/h6-11,17H,2-5H2,1H3. The minimum Gasteiger partial charge on any atom is -0.360 e. The topological polar surface area (TPSA) is 76.0 Å². The smallest absolute Gasteiger partial charge is 0.270 e. The molecule has 0 aliphatic heterocycles. The van der Waals surface area contributed by atoms with E-state index in [1.165, 1.54) is 12.1 Å². The van der Waals surface area contributed by atoms with Gasteiger partial charge in [0.2, 0.25) is 0 Å². The highest BCUT2D eigenvalue weighted by Crippen LogP contribution is 2.33. The molecular weight excluding hydrogens is 268 g/mol. The number of carbonyl (C=O) groups excluding carboxylic acids is 1. The van der Waals surface area contributed by atoms with Crippen molar-refractivity contribution in [2.24, 2.45) is 11.8 Å². The lowest BCUT2D eigenvalue weighted by Gasteiger charge is -2.24. The van der Waals surface area contributed by atoms with Crippen LogP contribution in [0.2, 0.25) is 0 Å². The SMILES string of the molecule is CC1CCC(C(=O)c2c[nH]c3ccc([N+](=O)[O-])cc23)CC1. The van der Waals surface area contributed by atoms with Gasteiger partial charge in [0.05, 0.1) is 4.92 Å². The van der Waals surface area contributed by atoms with Crippen molar-refractivity contribution in [1.82, 2.24) is 4.98 Å². The van der Waals surface area contributed by atoms with E-state index in [2.05, 4.69) is 11.9 Å². The first-order chi connectivity index (χ1) is 10.1. The number of non-ortho nitro benzene ring substituents is 1. The van der Waals surface area contributed by atoms with Gasteiger partial charge in [0.25, 0.3) is 5.69 Å².